The van der Waals surface area contributed by atoms with Crippen LogP contribution in [0.3, 0.4) is 0 Å². The maximum absolute atomic E-state index is 13.1. The average molecular weight is 434 g/mol. The van der Waals surface area contributed by atoms with E-state index in [1.54, 1.807) is 16.0 Å². The summed E-state index contributed by atoms with van der Waals surface area (Å²) in [5.41, 5.74) is 3.34. The van der Waals surface area contributed by atoms with Crippen LogP contribution < -0.4 is 5.56 Å². The van der Waals surface area contributed by atoms with Crippen molar-refractivity contribution in [1.29, 1.82) is 0 Å². The van der Waals surface area contributed by atoms with Gasteiger partial charge in [0.15, 0.2) is 5.65 Å². The van der Waals surface area contributed by atoms with E-state index in [0.717, 1.165) is 36.2 Å². The fourth-order valence-electron chi connectivity index (χ4n) is 4.40. The lowest BCUT2D eigenvalue weighted by molar-refractivity contribution is -0.132. The van der Waals surface area contributed by atoms with Crippen LogP contribution in [-0.2, 0) is 11.3 Å². The number of likely N-dealkylation sites (tertiary alicyclic amines) is 1. The first kappa shape index (κ1) is 19.7. The third-order valence-electron chi connectivity index (χ3n) is 5.76. The summed E-state index contributed by atoms with van der Waals surface area (Å²) >= 11 is 1.67. The van der Waals surface area contributed by atoms with E-state index in [4.69, 9.17) is 0 Å². The Morgan fingerprint density at radius 3 is 2.77 bits per heavy atom. The maximum Gasteiger partial charge on any atom is 0.264 e. The topological polar surface area (TPSA) is 73.0 Å². The van der Waals surface area contributed by atoms with Gasteiger partial charge in [0, 0.05) is 11.4 Å². The molecule has 1 atom stereocenters. The zero-order valence-corrected chi connectivity index (χ0v) is 18.3. The zero-order chi connectivity index (χ0) is 21.5. The SMILES string of the molecule is Cc1cc(C)cc(-n2ncc3c(=O)n(CC(=O)N4CCCC4c4cccs4)cnc32)c1. The van der Waals surface area contributed by atoms with Crippen LogP contribution in [0, 0.1) is 13.8 Å². The quantitative estimate of drug-likeness (QED) is 0.493. The molecule has 7 nitrogen and oxygen atoms in total. The summed E-state index contributed by atoms with van der Waals surface area (Å²) in [5.74, 6) is -0.0548. The van der Waals surface area contributed by atoms with Gasteiger partial charge in [-0.25, -0.2) is 9.67 Å². The number of amides is 1. The molecule has 0 N–H and O–H groups in total. The molecule has 31 heavy (non-hydrogen) atoms. The molecular weight excluding hydrogens is 410 g/mol. The number of benzene rings is 1. The summed E-state index contributed by atoms with van der Waals surface area (Å²) in [6.45, 7) is 4.75. The van der Waals surface area contributed by atoms with E-state index in [0.29, 0.717) is 11.0 Å². The van der Waals surface area contributed by atoms with Crippen LogP contribution in [0.2, 0.25) is 0 Å². The van der Waals surface area contributed by atoms with Crippen molar-refractivity contribution < 1.29 is 4.79 Å². The number of carbonyl (C=O) groups is 1. The lowest BCUT2D eigenvalue weighted by Crippen LogP contribution is -2.36. The van der Waals surface area contributed by atoms with E-state index in [2.05, 4.69) is 22.2 Å². The van der Waals surface area contributed by atoms with Crippen molar-refractivity contribution in [2.24, 2.45) is 0 Å². The van der Waals surface area contributed by atoms with E-state index < -0.39 is 0 Å². The monoisotopic (exact) mass is 433 g/mol. The summed E-state index contributed by atoms with van der Waals surface area (Å²) in [7, 11) is 0. The molecule has 0 radical (unpaired) electrons. The third-order valence-corrected chi connectivity index (χ3v) is 6.73. The van der Waals surface area contributed by atoms with Crippen LogP contribution in [0.25, 0.3) is 16.7 Å². The van der Waals surface area contributed by atoms with Gasteiger partial charge in [0.2, 0.25) is 5.91 Å². The number of hydrogen-bond donors (Lipinski definition) is 0. The average Bonchev–Trinajstić information content (AvgIpc) is 3.49. The number of rotatable bonds is 4. The van der Waals surface area contributed by atoms with Crippen molar-refractivity contribution in [3.8, 4) is 5.69 Å². The summed E-state index contributed by atoms with van der Waals surface area (Å²) < 4.78 is 3.07. The molecule has 0 spiro atoms. The summed E-state index contributed by atoms with van der Waals surface area (Å²) in [6.07, 6.45) is 4.93. The molecule has 1 amide bonds. The highest BCUT2D eigenvalue weighted by molar-refractivity contribution is 7.10. The van der Waals surface area contributed by atoms with E-state index >= 15 is 0 Å². The smallest absolute Gasteiger partial charge is 0.264 e. The highest BCUT2D eigenvalue weighted by atomic mass is 32.1. The van der Waals surface area contributed by atoms with Gasteiger partial charge in [0.05, 0.1) is 17.9 Å². The second-order valence-electron chi connectivity index (χ2n) is 8.08. The number of thiophene rings is 1. The summed E-state index contributed by atoms with van der Waals surface area (Å²) in [6, 6.07) is 10.3. The number of hydrogen-bond acceptors (Lipinski definition) is 5. The van der Waals surface area contributed by atoms with Gasteiger partial charge in [-0.2, -0.15) is 5.10 Å². The Morgan fingerprint density at radius 2 is 2.03 bits per heavy atom. The van der Waals surface area contributed by atoms with Crippen molar-refractivity contribution in [2.45, 2.75) is 39.3 Å². The van der Waals surface area contributed by atoms with Crippen LogP contribution >= 0.6 is 11.3 Å². The molecule has 1 fully saturated rings. The molecular formula is C23H23N5O2S. The lowest BCUT2D eigenvalue weighted by Gasteiger charge is -2.24. The Hall–Kier alpha value is -3.26. The summed E-state index contributed by atoms with van der Waals surface area (Å²) in [5, 5.41) is 6.84. The molecule has 158 valence electrons. The molecule has 4 heterocycles. The standard InChI is InChI=1S/C23H23N5O2S/c1-15-9-16(2)11-17(10-15)28-22-18(12-25-28)23(30)26(14-24-22)13-21(29)27-7-3-5-19(27)20-6-4-8-31-20/h4,6,8-12,14,19H,3,5,7,13H2,1-2H3. The van der Waals surface area contributed by atoms with E-state index in [1.165, 1.54) is 22.0 Å². The van der Waals surface area contributed by atoms with Crippen LogP contribution in [0.15, 0.2) is 53.0 Å². The minimum absolute atomic E-state index is 0.0155. The largest absolute Gasteiger partial charge is 0.333 e. The van der Waals surface area contributed by atoms with Gasteiger partial charge in [-0.3, -0.25) is 14.2 Å². The molecule has 1 aliphatic heterocycles. The number of carbonyl (C=O) groups excluding carboxylic acids is 1. The van der Waals surface area contributed by atoms with Gasteiger partial charge in [-0.05, 0) is 61.4 Å². The Kier molecular flexibility index (Phi) is 4.94. The van der Waals surface area contributed by atoms with Gasteiger partial charge in [0.25, 0.3) is 5.56 Å². The number of aryl methyl sites for hydroxylation is 2. The number of nitrogens with zero attached hydrogens (tertiary/aromatic N) is 5. The second kappa shape index (κ2) is 7.77. The first-order chi connectivity index (χ1) is 15.0. The first-order valence-electron chi connectivity index (χ1n) is 10.4. The van der Waals surface area contributed by atoms with Crippen molar-refractivity contribution >= 4 is 28.3 Å². The van der Waals surface area contributed by atoms with Crippen LogP contribution in [0.1, 0.15) is 34.9 Å². The first-order valence-corrected chi connectivity index (χ1v) is 11.2. The minimum atomic E-state index is -0.249. The predicted molar refractivity (Wildman–Crippen MR) is 121 cm³/mol. The van der Waals surface area contributed by atoms with E-state index in [-0.39, 0.29) is 24.1 Å². The van der Waals surface area contributed by atoms with E-state index in [9.17, 15) is 9.59 Å². The zero-order valence-electron chi connectivity index (χ0n) is 17.5. The molecule has 8 heteroatoms. The summed E-state index contributed by atoms with van der Waals surface area (Å²) in [4.78, 5) is 33.7. The highest BCUT2D eigenvalue weighted by Crippen LogP contribution is 2.34. The Bertz CT molecular complexity index is 1300. The second-order valence-corrected chi connectivity index (χ2v) is 9.06. The Morgan fingerprint density at radius 1 is 1.23 bits per heavy atom. The van der Waals surface area contributed by atoms with Crippen molar-refractivity contribution in [2.75, 3.05) is 6.54 Å². The molecule has 1 saturated heterocycles. The molecule has 0 bridgehead atoms. The molecule has 5 rings (SSSR count). The fourth-order valence-corrected chi connectivity index (χ4v) is 5.28. The fraction of sp³-hybridized carbons (Fsp3) is 0.304. The van der Waals surface area contributed by atoms with Crippen molar-refractivity contribution in [3.05, 3.63) is 74.6 Å². The molecule has 1 aromatic carbocycles. The molecule has 0 aliphatic carbocycles. The van der Waals surface area contributed by atoms with Gasteiger partial charge >= 0.3 is 0 Å². The third kappa shape index (κ3) is 3.57. The van der Waals surface area contributed by atoms with Crippen LogP contribution in [-0.4, -0.2) is 36.7 Å². The molecule has 0 saturated carbocycles. The minimum Gasteiger partial charge on any atom is -0.333 e. The van der Waals surface area contributed by atoms with Crippen LogP contribution in [0.5, 0.6) is 0 Å². The maximum atomic E-state index is 13.1. The molecule has 1 unspecified atom stereocenters. The van der Waals surface area contributed by atoms with Crippen LogP contribution in [0.4, 0.5) is 0 Å². The predicted octanol–water partition coefficient (Wildman–Crippen LogP) is 3.62. The Balaban J connectivity index is 1.44. The van der Waals surface area contributed by atoms with E-state index in [1.807, 2.05) is 42.3 Å². The normalized spacial score (nSPS) is 16.3. The molecule has 4 aromatic rings. The molecule has 1 aliphatic rings. The lowest BCUT2D eigenvalue weighted by atomic mass is 10.1. The van der Waals surface area contributed by atoms with Gasteiger partial charge in [-0.15, -0.1) is 11.3 Å². The Labute approximate surface area is 183 Å². The molecule has 3 aromatic heterocycles. The van der Waals surface area contributed by atoms with Gasteiger partial charge in [-0.1, -0.05) is 12.1 Å². The van der Waals surface area contributed by atoms with Gasteiger partial charge in [0.1, 0.15) is 18.3 Å². The van der Waals surface area contributed by atoms with Gasteiger partial charge < -0.3 is 4.90 Å². The van der Waals surface area contributed by atoms with Crippen molar-refractivity contribution in [3.63, 3.8) is 0 Å². The number of fused-ring (bicyclic) bond motifs is 1. The highest BCUT2D eigenvalue weighted by Gasteiger charge is 2.30. The number of aromatic nitrogens is 4. The van der Waals surface area contributed by atoms with Crippen molar-refractivity contribution in [1.82, 2.24) is 24.2 Å².